The van der Waals surface area contributed by atoms with Gasteiger partial charge in [0.2, 0.25) is 0 Å². The number of hydrogen-bond donors (Lipinski definition) is 1. The van der Waals surface area contributed by atoms with Crippen molar-refractivity contribution in [3.05, 3.63) is 157 Å². The second kappa shape index (κ2) is 12.8. The predicted molar refractivity (Wildman–Crippen MR) is 227 cm³/mol. The van der Waals surface area contributed by atoms with Crippen molar-refractivity contribution in [1.29, 1.82) is 0 Å². The van der Waals surface area contributed by atoms with Crippen LogP contribution in [0, 0.1) is 0 Å². The van der Waals surface area contributed by atoms with Gasteiger partial charge in [-0.05, 0) is 87.7 Å². The molecule has 0 spiro atoms. The van der Waals surface area contributed by atoms with Crippen molar-refractivity contribution in [2.75, 3.05) is 0 Å². The zero-order valence-corrected chi connectivity index (χ0v) is 32.1. The van der Waals surface area contributed by atoms with Crippen molar-refractivity contribution in [2.24, 2.45) is 0 Å². The van der Waals surface area contributed by atoms with Gasteiger partial charge in [0.1, 0.15) is 22.7 Å². The van der Waals surface area contributed by atoms with Gasteiger partial charge < -0.3 is 9.52 Å². The van der Waals surface area contributed by atoms with E-state index in [4.69, 9.17) is 14.4 Å². The molecule has 0 amide bonds. The topological polar surface area (TPSA) is 64.1 Å². The largest absolute Gasteiger partial charge is 0.507 e. The first-order valence-electron chi connectivity index (χ1n) is 18.9. The highest BCUT2D eigenvalue weighted by Gasteiger charge is 2.26. The molecule has 0 bridgehead atoms. The van der Waals surface area contributed by atoms with Crippen molar-refractivity contribution in [3.8, 4) is 56.3 Å². The monoisotopic (exact) mass is 717 g/mol. The lowest BCUT2D eigenvalue weighted by Gasteiger charge is -2.23. The number of benzene rings is 6. The Kier molecular flexibility index (Phi) is 8.01. The Morgan fingerprint density at radius 1 is 0.545 bits per heavy atom. The van der Waals surface area contributed by atoms with Crippen LogP contribution in [-0.2, 0) is 10.8 Å². The van der Waals surface area contributed by atoms with Crippen LogP contribution in [0.5, 0.6) is 5.75 Å². The molecule has 0 unspecified atom stereocenters. The Balaban J connectivity index is 1.38. The maximum atomic E-state index is 11.9. The van der Waals surface area contributed by atoms with Crippen LogP contribution in [0.2, 0.25) is 0 Å². The van der Waals surface area contributed by atoms with E-state index in [-0.39, 0.29) is 16.6 Å². The molecule has 0 aliphatic heterocycles. The molecule has 0 saturated carbocycles. The molecule has 270 valence electrons. The summed E-state index contributed by atoms with van der Waals surface area (Å²) in [7, 11) is 0. The maximum absolute atomic E-state index is 11.9. The minimum absolute atomic E-state index is 0.0654. The van der Waals surface area contributed by atoms with E-state index in [0.717, 1.165) is 66.6 Å². The molecule has 0 aliphatic rings. The smallest absolute Gasteiger partial charge is 0.149 e. The number of para-hydroxylation sites is 2. The van der Waals surface area contributed by atoms with Gasteiger partial charge in [-0.15, -0.1) is 0 Å². The Bertz CT molecular complexity index is 2890. The zero-order chi connectivity index (χ0) is 38.1. The lowest BCUT2D eigenvalue weighted by Crippen LogP contribution is -2.12. The van der Waals surface area contributed by atoms with Crippen LogP contribution >= 0.6 is 0 Å². The molecule has 3 heterocycles. The molecule has 5 nitrogen and oxygen atoms in total. The first-order valence-corrected chi connectivity index (χ1v) is 18.9. The lowest BCUT2D eigenvalue weighted by molar-refractivity contribution is 0.476. The van der Waals surface area contributed by atoms with E-state index in [1.807, 2.05) is 42.6 Å². The highest BCUT2D eigenvalue weighted by molar-refractivity contribution is 6.07. The number of aromatic hydroxyl groups is 1. The average molecular weight is 718 g/mol. The highest BCUT2D eigenvalue weighted by atomic mass is 16.3. The van der Waals surface area contributed by atoms with Crippen molar-refractivity contribution in [2.45, 2.75) is 52.4 Å². The van der Waals surface area contributed by atoms with Crippen LogP contribution in [0.15, 0.2) is 150 Å². The third-order valence-electron chi connectivity index (χ3n) is 10.7. The van der Waals surface area contributed by atoms with E-state index >= 15 is 0 Å². The number of rotatable bonds is 5. The van der Waals surface area contributed by atoms with Crippen LogP contribution in [0.25, 0.3) is 83.6 Å². The molecule has 0 atom stereocenters. The van der Waals surface area contributed by atoms with Gasteiger partial charge in [0.05, 0.1) is 28.0 Å². The molecule has 9 aromatic rings. The molecule has 0 fully saturated rings. The molecule has 0 aliphatic carbocycles. The molecular formula is C50H43N3O2. The standard InChI is InChI=1S/C50H43N3O2/c1-49(2,3)34-22-23-42(38(28-34)31-15-8-7-9-16-31)53-43-20-14-18-36(32-25-33(41-19-12-13-24-51-41)27-35(26-32)50(4,5)6)47(43)52-48(53)40-29-39-37-17-10-11-21-45(37)55-46(39)30-44(40)54/h7-30,54H,1-6H3. The second-order valence-electron chi connectivity index (χ2n) is 16.5. The minimum Gasteiger partial charge on any atom is -0.507 e. The molecule has 9 rings (SSSR count). The third kappa shape index (κ3) is 6.06. The summed E-state index contributed by atoms with van der Waals surface area (Å²) in [6.45, 7) is 13.5. The molecule has 3 aromatic heterocycles. The van der Waals surface area contributed by atoms with E-state index < -0.39 is 0 Å². The summed E-state index contributed by atoms with van der Waals surface area (Å²) < 4.78 is 8.42. The van der Waals surface area contributed by atoms with Gasteiger partial charge in [0.15, 0.2) is 0 Å². The molecular weight excluding hydrogens is 675 g/mol. The number of phenols is 1. The molecule has 55 heavy (non-hydrogen) atoms. The molecule has 5 heteroatoms. The van der Waals surface area contributed by atoms with Gasteiger partial charge >= 0.3 is 0 Å². The quantitative estimate of drug-likeness (QED) is 0.192. The van der Waals surface area contributed by atoms with Crippen LogP contribution in [-0.4, -0.2) is 19.6 Å². The first-order chi connectivity index (χ1) is 26.4. The van der Waals surface area contributed by atoms with E-state index in [1.165, 1.54) is 11.1 Å². The van der Waals surface area contributed by atoms with E-state index in [9.17, 15) is 5.11 Å². The maximum Gasteiger partial charge on any atom is 0.149 e. The Labute approximate surface area is 321 Å². The van der Waals surface area contributed by atoms with Gasteiger partial charge in [0.25, 0.3) is 0 Å². The van der Waals surface area contributed by atoms with Crippen LogP contribution in [0.4, 0.5) is 0 Å². The van der Waals surface area contributed by atoms with Gasteiger partial charge in [-0.2, -0.15) is 0 Å². The van der Waals surface area contributed by atoms with Crippen LogP contribution in [0.3, 0.4) is 0 Å². The van der Waals surface area contributed by atoms with Crippen molar-refractivity contribution in [1.82, 2.24) is 14.5 Å². The molecule has 0 saturated heterocycles. The van der Waals surface area contributed by atoms with Crippen molar-refractivity contribution >= 4 is 33.0 Å². The van der Waals surface area contributed by atoms with E-state index in [2.05, 4.69) is 143 Å². The minimum atomic E-state index is -0.105. The van der Waals surface area contributed by atoms with E-state index in [0.29, 0.717) is 17.0 Å². The van der Waals surface area contributed by atoms with Gasteiger partial charge in [0, 0.05) is 39.7 Å². The number of pyridine rings is 1. The molecule has 1 N–H and O–H groups in total. The van der Waals surface area contributed by atoms with Crippen LogP contribution < -0.4 is 0 Å². The number of furan rings is 1. The second-order valence-corrected chi connectivity index (χ2v) is 16.5. The van der Waals surface area contributed by atoms with Crippen molar-refractivity contribution in [3.63, 3.8) is 0 Å². The van der Waals surface area contributed by atoms with Gasteiger partial charge in [-0.25, -0.2) is 4.98 Å². The summed E-state index contributed by atoms with van der Waals surface area (Å²) in [5.41, 5.74) is 13.3. The fourth-order valence-corrected chi connectivity index (χ4v) is 7.64. The fraction of sp³-hybridized carbons (Fsp3) is 0.160. The fourth-order valence-electron chi connectivity index (χ4n) is 7.64. The summed E-state index contributed by atoms with van der Waals surface area (Å²) in [6, 6.07) is 48.2. The summed E-state index contributed by atoms with van der Waals surface area (Å²) >= 11 is 0. The molecule has 6 aromatic carbocycles. The van der Waals surface area contributed by atoms with E-state index in [1.54, 1.807) is 6.07 Å². The number of aromatic nitrogens is 3. The normalized spacial score (nSPS) is 12.3. The Morgan fingerprint density at radius 2 is 1.29 bits per heavy atom. The first kappa shape index (κ1) is 34.3. The molecule has 0 radical (unpaired) electrons. The van der Waals surface area contributed by atoms with Gasteiger partial charge in [-0.1, -0.05) is 120 Å². The Hall–Kier alpha value is -6.46. The number of fused-ring (bicyclic) bond motifs is 4. The number of imidazole rings is 1. The lowest BCUT2D eigenvalue weighted by atomic mass is 9.83. The summed E-state index contributed by atoms with van der Waals surface area (Å²) in [4.78, 5) is 10.3. The van der Waals surface area contributed by atoms with Crippen LogP contribution in [0.1, 0.15) is 52.7 Å². The number of hydrogen-bond acceptors (Lipinski definition) is 4. The number of phenolic OH excluding ortho intramolecular Hbond substituents is 1. The number of nitrogens with zero attached hydrogens (tertiary/aromatic N) is 3. The SMILES string of the molecule is CC(C)(C)c1cc(-c2ccccn2)cc(-c2cccc3c2nc(-c2cc4c(cc2O)oc2ccccc24)n3-c2ccc(C(C)(C)C)cc2-c2ccccc2)c1. The highest BCUT2D eigenvalue weighted by Crippen LogP contribution is 2.44. The van der Waals surface area contributed by atoms with Crippen molar-refractivity contribution < 1.29 is 9.52 Å². The average Bonchev–Trinajstić information content (AvgIpc) is 3.75. The Morgan fingerprint density at radius 3 is 2.05 bits per heavy atom. The van der Waals surface area contributed by atoms with Gasteiger partial charge in [-0.3, -0.25) is 9.55 Å². The third-order valence-corrected chi connectivity index (χ3v) is 10.7. The summed E-state index contributed by atoms with van der Waals surface area (Å²) in [6.07, 6.45) is 1.84. The predicted octanol–water partition coefficient (Wildman–Crippen LogP) is 13.3. The summed E-state index contributed by atoms with van der Waals surface area (Å²) in [5, 5.41) is 13.8. The summed E-state index contributed by atoms with van der Waals surface area (Å²) in [5.74, 6) is 0.745. The zero-order valence-electron chi connectivity index (χ0n) is 32.1.